The molecule has 0 amide bonds. The molecular formula is C10H16N2O4. The van der Waals surface area contributed by atoms with Gasteiger partial charge in [0.15, 0.2) is 0 Å². The Morgan fingerprint density at radius 3 is 2.81 bits per heavy atom. The van der Waals surface area contributed by atoms with E-state index in [-0.39, 0.29) is 13.0 Å². The van der Waals surface area contributed by atoms with Gasteiger partial charge in [0.25, 0.3) is 0 Å². The summed E-state index contributed by atoms with van der Waals surface area (Å²) in [6.45, 7) is 1.94. The van der Waals surface area contributed by atoms with E-state index >= 15 is 0 Å². The number of aromatic nitrogens is 2. The number of carbonyl (C=O) groups excluding carboxylic acids is 1. The van der Waals surface area contributed by atoms with Gasteiger partial charge in [0, 0.05) is 13.2 Å². The van der Waals surface area contributed by atoms with E-state index < -0.39 is 18.2 Å². The summed E-state index contributed by atoms with van der Waals surface area (Å²) in [4.78, 5) is 15.0. The zero-order valence-electron chi connectivity index (χ0n) is 9.33. The van der Waals surface area contributed by atoms with Gasteiger partial charge in [-0.05, 0) is 6.92 Å². The van der Waals surface area contributed by atoms with E-state index in [9.17, 15) is 15.0 Å². The van der Waals surface area contributed by atoms with Gasteiger partial charge < -0.3 is 19.5 Å². The average molecular weight is 228 g/mol. The van der Waals surface area contributed by atoms with Crippen LogP contribution in [0.3, 0.4) is 0 Å². The fourth-order valence-corrected chi connectivity index (χ4v) is 1.29. The largest absolute Gasteiger partial charge is 0.466 e. The van der Waals surface area contributed by atoms with Crippen LogP contribution >= 0.6 is 0 Å². The van der Waals surface area contributed by atoms with Crippen molar-refractivity contribution in [2.45, 2.75) is 25.6 Å². The smallest absolute Gasteiger partial charge is 0.308 e. The van der Waals surface area contributed by atoms with Crippen LogP contribution in [0.4, 0.5) is 0 Å². The Bertz CT molecular complexity index is 350. The zero-order chi connectivity index (χ0) is 12.1. The van der Waals surface area contributed by atoms with Crippen molar-refractivity contribution in [1.82, 2.24) is 9.55 Å². The molecule has 0 saturated carbocycles. The minimum Gasteiger partial charge on any atom is -0.466 e. The highest BCUT2D eigenvalue weighted by atomic mass is 16.5. The summed E-state index contributed by atoms with van der Waals surface area (Å²) < 4.78 is 6.32. The SMILES string of the molecule is CCOC(=O)CC(O)C(O)c1cn(C)cn1. The second kappa shape index (κ2) is 5.62. The van der Waals surface area contributed by atoms with Crippen molar-refractivity contribution in [2.75, 3.05) is 6.61 Å². The molecule has 6 nitrogen and oxygen atoms in total. The minimum absolute atomic E-state index is 0.244. The third-order valence-corrected chi connectivity index (χ3v) is 2.07. The molecule has 1 aromatic heterocycles. The van der Waals surface area contributed by atoms with Crippen LogP contribution in [0.1, 0.15) is 25.1 Å². The molecule has 0 aromatic carbocycles. The van der Waals surface area contributed by atoms with Gasteiger partial charge in [-0.1, -0.05) is 0 Å². The molecule has 0 aliphatic rings. The molecule has 1 heterocycles. The Morgan fingerprint density at radius 1 is 1.62 bits per heavy atom. The second-order valence-electron chi connectivity index (χ2n) is 3.49. The van der Waals surface area contributed by atoms with Gasteiger partial charge in [-0.15, -0.1) is 0 Å². The fourth-order valence-electron chi connectivity index (χ4n) is 1.29. The highest BCUT2D eigenvalue weighted by molar-refractivity contribution is 5.70. The van der Waals surface area contributed by atoms with Crippen LogP contribution in [0.2, 0.25) is 0 Å². The molecule has 1 aromatic rings. The van der Waals surface area contributed by atoms with Gasteiger partial charge in [-0.3, -0.25) is 4.79 Å². The van der Waals surface area contributed by atoms with Gasteiger partial charge >= 0.3 is 5.97 Å². The predicted octanol–water partition coefficient (Wildman–Crippen LogP) is -0.232. The van der Waals surface area contributed by atoms with Crippen LogP contribution in [0.15, 0.2) is 12.5 Å². The minimum atomic E-state index is -1.20. The predicted molar refractivity (Wildman–Crippen MR) is 55.4 cm³/mol. The van der Waals surface area contributed by atoms with Crippen LogP contribution in [-0.2, 0) is 16.6 Å². The Labute approximate surface area is 93.5 Å². The van der Waals surface area contributed by atoms with E-state index in [1.54, 1.807) is 24.7 Å². The maximum atomic E-state index is 11.1. The first-order valence-electron chi connectivity index (χ1n) is 5.04. The monoisotopic (exact) mass is 228 g/mol. The van der Waals surface area contributed by atoms with Crippen molar-refractivity contribution in [3.8, 4) is 0 Å². The van der Waals surface area contributed by atoms with E-state index in [1.165, 1.54) is 6.33 Å². The lowest BCUT2D eigenvalue weighted by Gasteiger charge is -2.14. The van der Waals surface area contributed by atoms with Crippen LogP contribution in [-0.4, -0.2) is 38.4 Å². The first kappa shape index (κ1) is 12.7. The molecule has 1 rings (SSSR count). The summed E-state index contributed by atoms with van der Waals surface area (Å²) >= 11 is 0. The van der Waals surface area contributed by atoms with Crippen LogP contribution < -0.4 is 0 Å². The van der Waals surface area contributed by atoms with Crippen LogP contribution in [0.25, 0.3) is 0 Å². The topological polar surface area (TPSA) is 84.6 Å². The highest BCUT2D eigenvalue weighted by Crippen LogP contribution is 2.16. The number of ether oxygens (including phenoxy) is 1. The lowest BCUT2D eigenvalue weighted by atomic mass is 10.1. The van der Waals surface area contributed by atoms with Gasteiger partial charge in [0.05, 0.1) is 31.2 Å². The van der Waals surface area contributed by atoms with Crippen LogP contribution in [0.5, 0.6) is 0 Å². The van der Waals surface area contributed by atoms with Crippen molar-refractivity contribution in [3.63, 3.8) is 0 Å². The number of aliphatic hydroxyl groups excluding tert-OH is 2. The second-order valence-corrected chi connectivity index (χ2v) is 3.49. The average Bonchev–Trinajstić information content (AvgIpc) is 2.64. The molecule has 0 saturated heterocycles. The van der Waals surface area contributed by atoms with Gasteiger partial charge in [0.1, 0.15) is 6.10 Å². The number of aliphatic hydroxyl groups is 2. The van der Waals surface area contributed by atoms with Crippen molar-refractivity contribution in [2.24, 2.45) is 7.05 Å². The molecule has 0 aliphatic carbocycles. The number of esters is 1. The standard InChI is InChI=1S/C10H16N2O4/c1-3-16-9(14)4-8(13)10(15)7-5-12(2)6-11-7/h5-6,8,10,13,15H,3-4H2,1-2H3. The lowest BCUT2D eigenvalue weighted by Crippen LogP contribution is -2.23. The molecule has 0 aliphatic heterocycles. The van der Waals surface area contributed by atoms with E-state index in [0.717, 1.165) is 0 Å². The first-order valence-corrected chi connectivity index (χ1v) is 5.04. The molecule has 2 unspecified atom stereocenters. The van der Waals surface area contributed by atoms with Crippen molar-refractivity contribution in [3.05, 3.63) is 18.2 Å². The van der Waals surface area contributed by atoms with E-state index in [2.05, 4.69) is 9.72 Å². The summed E-state index contributed by atoms with van der Waals surface area (Å²) in [7, 11) is 1.75. The van der Waals surface area contributed by atoms with E-state index in [4.69, 9.17) is 0 Å². The number of carbonyl (C=O) groups is 1. The van der Waals surface area contributed by atoms with Crippen molar-refractivity contribution >= 4 is 5.97 Å². The summed E-state index contributed by atoms with van der Waals surface area (Å²) in [6.07, 6.45) is 0.472. The van der Waals surface area contributed by atoms with Gasteiger partial charge in [-0.25, -0.2) is 4.98 Å². The molecule has 0 radical (unpaired) electrons. The maximum Gasteiger partial charge on any atom is 0.308 e. The van der Waals surface area contributed by atoms with Gasteiger partial charge in [0.2, 0.25) is 0 Å². The highest BCUT2D eigenvalue weighted by Gasteiger charge is 2.23. The van der Waals surface area contributed by atoms with Crippen LogP contribution in [0, 0.1) is 0 Å². The fraction of sp³-hybridized carbons (Fsp3) is 0.600. The quantitative estimate of drug-likeness (QED) is 0.680. The molecule has 0 fully saturated rings. The zero-order valence-corrected chi connectivity index (χ0v) is 9.33. The van der Waals surface area contributed by atoms with Gasteiger partial charge in [-0.2, -0.15) is 0 Å². The molecular weight excluding hydrogens is 212 g/mol. The Morgan fingerprint density at radius 2 is 2.31 bits per heavy atom. The molecule has 0 bridgehead atoms. The normalized spacial score (nSPS) is 14.5. The molecule has 6 heteroatoms. The summed E-state index contributed by atoms with van der Waals surface area (Å²) in [5, 5.41) is 19.3. The van der Waals surface area contributed by atoms with Crippen molar-refractivity contribution in [1.29, 1.82) is 0 Å². The molecule has 90 valence electrons. The number of imidazole rings is 1. The van der Waals surface area contributed by atoms with E-state index in [0.29, 0.717) is 5.69 Å². The lowest BCUT2D eigenvalue weighted by molar-refractivity contribution is -0.147. The number of aryl methyl sites for hydroxylation is 1. The molecule has 2 N–H and O–H groups in total. The maximum absolute atomic E-state index is 11.1. The Kier molecular flexibility index (Phi) is 4.45. The summed E-state index contributed by atoms with van der Waals surface area (Å²) in [5.41, 5.74) is 0.333. The van der Waals surface area contributed by atoms with Crippen molar-refractivity contribution < 1.29 is 19.7 Å². The number of hydrogen-bond donors (Lipinski definition) is 2. The number of hydrogen-bond acceptors (Lipinski definition) is 5. The Hall–Kier alpha value is -1.40. The summed E-state index contributed by atoms with van der Waals surface area (Å²) in [6, 6.07) is 0. The van der Waals surface area contributed by atoms with E-state index in [1.807, 2.05) is 0 Å². The first-order chi connectivity index (χ1) is 7.54. The number of rotatable bonds is 5. The Balaban J connectivity index is 2.53. The molecule has 16 heavy (non-hydrogen) atoms. The molecule has 2 atom stereocenters. The number of nitrogens with zero attached hydrogens (tertiary/aromatic N) is 2. The summed E-state index contributed by atoms with van der Waals surface area (Å²) in [5.74, 6) is -0.537. The third kappa shape index (κ3) is 3.32. The molecule has 0 spiro atoms. The third-order valence-electron chi connectivity index (χ3n) is 2.07.